The number of hydrogen-bond donors (Lipinski definition) is 0. The third kappa shape index (κ3) is 7.08. The summed E-state index contributed by atoms with van der Waals surface area (Å²) in [5.41, 5.74) is 1.12. The van der Waals surface area contributed by atoms with Gasteiger partial charge in [-0.15, -0.1) is 0 Å². The predicted octanol–water partition coefficient (Wildman–Crippen LogP) is 5.43. The van der Waals surface area contributed by atoms with E-state index >= 15 is 0 Å². The Morgan fingerprint density at radius 2 is 1.39 bits per heavy atom. The monoisotopic (exact) mass is 467 g/mol. The minimum absolute atomic E-state index is 0.0421. The topological polar surface area (TPSA) is 72.9 Å². The molecule has 0 N–H and O–H groups in total. The zero-order valence-electron chi connectivity index (χ0n) is 19.1. The molecular weight excluding hydrogens is 438 g/mol. The molecule has 3 aromatic rings. The molecule has 7 heteroatoms. The second kappa shape index (κ2) is 10.5. The smallest absolute Gasteiger partial charge is 0.424 e. The predicted molar refractivity (Wildman–Crippen MR) is 127 cm³/mol. The molecule has 3 aromatic carbocycles. The minimum atomic E-state index is -4.06. The number of carbonyl (C=O) groups excluding carboxylic acids is 1. The van der Waals surface area contributed by atoms with Gasteiger partial charge in [0.2, 0.25) is 0 Å². The second-order valence-corrected chi connectivity index (χ2v) is 10.4. The van der Waals surface area contributed by atoms with E-state index < -0.39 is 21.7 Å². The Kier molecular flexibility index (Phi) is 7.76. The van der Waals surface area contributed by atoms with E-state index in [4.69, 9.17) is 9.47 Å². The number of carbonyl (C=O) groups is 1. The summed E-state index contributed by atoms with van der Waals surface area (Å²) < 4.78 is 38.3. The molecule has 3 rings (SSSR count). The quantitative estimate of drug-likeness (QED) is 0.441. The van der Waals surface area contributed by atoms with Crippen LogP contribution in [0.15, 0.2) is 89.8 Å². The summed E-state index contributed by atoms with van der Waals surface area (Å²) in [5.74, 6) is 0.712. The van der Waals surface area contributed by atoms with E-state index in [1.165, 1.54) is 12.1 Å². The average molecular weight is 468 g/mol. The second-order valence-electron chi connectivity index (χ2n) is 8.54. The van der Waals surface area contributed by atoms with Crippen LogP contribution in [0.5, 0.6) is 5.75 Å². The summed E-state index contributed by atoms with van der Waals surface area (Å²) in [4.78, 5) is 12.8. The van der Waals surface area contributed by atoms with Crippen LogP contribution in [0.1, 0.15) is 31.9 Å². The van der Waals surface area contributed by atoms with Crippen LogP contribution in [-0.2, 0) is 27.8 Å². The lowest BCUT2D eigenvalue weighted by atomic mass is 10.1. The molecule has 0 saturated carbocycles. The first kappa shape index (κ1) is 24.3. The van der Waals surface area contributed by atoms with Gasteiger partial charge in [0, 0.05) is 6.54 Å². The zero-order valence-corrected chi connectivity index (χ0v) is 19.9. The Bertz CT molecular complexity index is 1140. The van der Waals surface area contributed by atoms with Crippen LogP contribution in [0.3, 0.4) is 0 Å². The van der Waals surface area contributed by atoms with Crippen molar-refractivity contribution in [3.8, 4) is 5.75 Å². The van der Waals surface area contributed by atoms with Crippen LogP contribution < -0.4 is 4.74 Å². The Hall–Kier alpha value is -3.32. The highest BCUT2D eigenvalue weighted by Gasteiger charge is 2.32. The number of rotatable bonds is 8. The Balaban J connectivity index is 1.70. The van der Waals surface area contributed by atoms with E-state index in [0.29, 0.717) is 18.8 Å². The van der Waals surface area contributed by atoms with Gasteiger partial charge in [0.25, 0.3) is 10.0 Å². The van der Waals surface area contributed by atoms with Gasteiger partial charge < -0.3 is 9.47 Å². The van der Waals surface area contributed by atoms with Crippen molar-refractivity contribution in [3.05, 3.63) is 96.1 Å². The summed E-state index contributed by atoms with van der Waals surface area (Å²) in [5, 5.41) is 0. The molecule has 33 heavy (non-hydrogen) atoms. The number of amides is 1. The summed E-state index contributed by atoms with van der Waals surface area (Å²) in [6.07, 6.45) is -0.557. The lowest BCUT2D eigenvalue weighted by Crippen LogP contribution is -2.41. The van der Waals surface area contributed by atoms with Gasteiger partial charge in [0.1, 0.15) is 18.0 Å². The third-order valence-corrected chi connectivity index (χ3v) is 6.48. The lowest BCUT2D eigenvalue weighted by Gasteiger charge is -2.27. The average Bonchev–Trinajstić information content (AvgIpc) is 2.78. The number of sulfonamides is 1. The molecule has 0 aliphatic carbocycles. The van der Waals surface area contributed by atoms with E-state index in [0.717, 1.165) is 15.4 Å². The molecule has 6 nitrogen and oxygen atoms in total. The van der Waals surface area contributed by atoms with E-state index in [1.807, 2.05) is 54.6 Å². The first-order chi connectivity index (χ1) is 15.6. The zero-order chi connectivity index (χ0) is 23.9. The van der Waals surface area contributed by atoms with Crippen molar-refractivity contribution in [2.45, 2.75) is 44.3 Å². The van der Waals surface area contributed by atoms with Crippen molar-refractivity contribution in [2.75, 3.05) is 6.54 Å². The number of benzene rings is 3. The number of nitrogens with zero attached hydrogens (tertiary/aromatic N) is 1. The van der Waals surface area contributed by atoms with Crippen molar-refractivity contribution in [1.82, 2.24) is 4.31 Å². The number of hydrogen-bond acceptors (Lipinski definition) is 5. The molecule has 0 aliphatic rings. The Morgan fingerprint density at radius 3 is 1.97 bits per heavy atom. The molecule has 0 aromatic heterocycles. The van der Waals surface area contributed by atoms with Crippen molar-refractivity contribution in [1.29, 1.82) is 0 Å². The summed E-state index contributed by atoms with van der Waals surface area (Å²) >= 11 is 0. The molecule has 0 aliphatic heterocycles. The Labute approximate surface area is 195 Å². The van der Waals surface area contributed by atoms with Gasteiger partial charge in [-0.1, -0.05) is 60.7 Å². The standard InChI is InChI=1S/C26H29NO5S/c1-26(2,3)32-25(28)27(33(29,30)24-12-8-5-9-13-24)19-18-21-14-16-23(17-15-21)31-20-22-10-6-4-7-11-22/h4-17H,18-20H2,1-3H3. The SMILES string of the molecule is CC(C)(C)OC(=O)N(CCc1ccc(OCc2ccccc2)cc1)S(=O)(=O)c1ccccc1. The van der Waals surface area contributed by atoms with Gasteiger partial charge in [-0.3, -0.25) is 0 Å². The van der Waals surface area contributed by atoms with E-state index in [9.17, 15) is 13.2 Å². The maximum atomic E-state index is 13.2. The summed E-state index contributed by atoms with van der Waals surface area (Å²) in [7, 11) is -4.06. The van der Waals surface area contributed by atoms with Gasteiger partial charge in [-0.25, -0.2) is 17.5 Å². The highest BCUT2D eigenvalue weighted by Crippen LogP contribution is 2.21. The molecule has 0 spiro atoms. The van der Waals surface area contributed by atoms with Crippen molar-refractivity contribution in [3.63, 3.8) is 0 Å². The Morgan fingerprint density at radius 1 is 0.818 bits per heavy atom. The molecule has 0 heterocycles. The lowest BCUT2D eigenvalue weighted by molar-refractivity contribution is 0.0392. The van der Waals surface area contributed by atoms with Crippen molar-refractivity contribution in [2.24, 2.45) is 0 Å². The first-order valence-electron chi connectivity index (χ1n) is 10.7. The molecule has 0 saturated heterocycles. The van der Waals surface area contributed by atoms with Crippen molar-refractivity contribution < 1.29 is 22.7 Å². The maximum absolute atomic E-state index is 13.2. The van der Waals surface area contributed by atoms with Gasteiger partial charge >= 0.3 is 6.09 Å². The largest absolute Gasteiger partial charge is 0.489 e. The molecule has 0 atom stereocenters. The van der Waals surface area contributed by atoms with Crippen LogP contribution in [0, 0.1) is 0 Å². The molecular formula is C26H29NO5S. The van der Waals surface area contributed by atoms with E-state index in [-0.39, 0.29) is 11.4 Å². The fourth-order valence-corrected chi connectivity index (χ4v) is 4.39. The van der Waals surface area contributed by atoms with E-state index in [1.54, 1.807) is 39.0 Å². The van der Waals surface area contributed by atoms with Gasteiger partial charge in [-0.05, 0) is 62.6 Å². The summed E-state index contributed by atoms with van der Waals surface area (Å²) in [6, 6.07) is 25.1. The fraction of sp³-hybridized carbons (Fsp3) is 0.269. The van der Waals surface area contributed by atoms with Crippen molar-refractivity contribution >= 4 is 16.1 Å². The summed E-state index contributed by atoms with van der Waals surface area (Å²) in [6.45, 7) is 5.52. The molecule has 0 fully saturated rings. The molecule has 0 bridgehead atoms. The first-order valence-corrected chi connectivity index (χ1v) is 12.2. The van der Waals surface area contributed by atoms with Crippen LogP contribution in [0.2, 0.25) is 0 Å². The molecule has 1 amide bonds. The van der Waals surface area contributed by atoms with E-state index in [2.05, 4.69) is 0 Å². The van der Waals surface area contributed by atoms with Gasteiger partial charge in [-0.2, -0.15) is 0 Å². The molecule has 0 radical (unpaired) electrons. The molecule has 174 valence electrons. The van der Waals surface area contributed by atoms with Crippen LogP contribution in [-0.4, -0.2) is 31.0 Å². The maximum Gasteiger partial charge on any atom is 0.424 e. The highest BCUT2D eigenvalue weighted by atomic mass is 32.2. The highest BCUT2D eigenvalue weighted by molar-refractivity contribution is 7.89. The van der Waals surface area contributed by atoms with Crippen LogP contribution in [0.4, 0.5) is 4.79 Å². The molecule has 0 unspecified atom stereocenters. The van der Waals surface area contributed by atoms with Crippen LogP contribution >= 0.6 is 0 Å². The number of ether oxygens (including phenoxy) is 2. The van der Waals surface area contributed by atoms with Crippen LogP contribution in [0.25, 0.3) is 0 Å². The third-order valence-electron chi connectivity index (χ3n) is 4.70. The normalized spacial score (nSPS) is 11.6. The minimum Gasteiger partial charge on any atom is -0.489 e. The van der Waals surface area contributed by atoms with Gasteiger partial charge in [0.15, 0.2) is 0 Å². The fourth-order valence-electron chi connectivity index (χ4n) is 3.07. The van der Waals surface area contributed by atoms with Gasteiger partial charge in [0.05, 0.1) is 4.90 Å².